The Morgan fingerprint density at radius 2 is 2.07 bits per heavy atom. The van der Waals surface area contributed by atoms with Gasteiger partial charge >= 0.3 is 0 Å². The van der Waals surface area contributed by atoms with Crippen LogP contribution in [0.1, 0.15) is 12.8 Å². The third kappa shape index (κ3) is 4.10. The van der Waals surface area contributed by atoms with Gasteiger partial charge in [0.2, 0.25) is 0 Å². The summed E-state index contributed by atoms with van der Waals surface area (Å²) in [5.74, 6) is 3.32. The fraction of sp³-hybridized carbons (Fsp3) is 0.818. The molecule has 0 atom stereocenters. The van der Waals surface area contributed by atoms with Gasteiger partial charge in [0.1, 0.15) is 0 Å². The second-order valence-corrected chi connectivity index (χ2v) is 3.68. The second-order valence-electron chi connectivity index (χ2n) is 3.68. The van der Waals surface area contributed by atoms with Crippen LogP contribution in [0.15, 0.2) is 0 Å². The average molecular weight is 196 g/mol. The highest BCUT2D eigenvalue weighted by Crippen LogP contribution is 2.15. The van der Waals surface area contributed by atoms with Gasteiger partial charge in [-0.2, -0.15) is 0 Å². The van der Waals surface area contributed by atoms with Crippen molar-refractivity contribution in [2.45, 2.75) is 12.8 Å². The maximum atomic E-state index is 5.38. The lowest BCUT2D eigenvalue weighted by Gasteiger charge is -2.29. The quantitative estimate of drug-likeness (QED) is 0.508. The smallest absolute Gasteiger partial charge is 0.0594 e. The molecule has 0 aromatic rings. The van der Waals surface area contributed by atoms with Crippen LogP contribution in [0.3, 0.4) is 0 Å². The normalized spacial score (nSPS) is 19.4. The van der Waals surface area contributed by atoms with Crippen molar-refractivity contribution in [1.29, 1.82) is 0 Å². The molecule has 0 unspecified atom stereocenters. The van der Waals surface area contributed by atoms with Crippen LogP contribution in [0.4, 0.5) is 0 Å². The Balaban J connectivity index is 2.02. The first-order chi connectivity index (χ1) is 6.86. The molecule has 0 amide bonds. The molecule has 0 bridgehead atoms. The van der Waals surface area contributed by atoms with E-state index in [1.165, 1.54) is 0 Å². The van der Waals surface area contributed by atoms with Crippen molar-refractivity contribution in [2.24, 2.45) is 11.7 Å². The van der Waals surface area contributed by atoms with Crippen LogP contribution in [0.5, 0.6) is 0 Å². The van der Waals surface area contributed by atoms with Gasteiger partial charge in [-0.1, -0.05) is 0 Å². The highest BCUT2D eigenvalue weighted by molar-refractivity contribution is 4.95. The molecule has 1 aliphatic rings. The Hall–Kier alpha value is -0.560. The van der Waals surface area contributed by atoms with Crippen molar-refractivity contribution >= 4 is 0 Å². The monoisotopic (exact) mass is 196 g/mol. The van der Waals surface area contributed by atoms with Crippen LogP contribution < -0.4 is 5.73 Å². The standard InChI is InChI=1S/C11H20N2O/c1-2-11-3-6-13(7-4-11)8-10-14-9-5-12/h1,11H,3-10,12H2. The zero-order chi connectivity index (χ0) is 10.2. The van der Waals surface area contributed by atoms with Gasteiger partial charge in [-0.15, -0.1) is 12.3 Å². The number of hydrogen-bond donors (Lipinski definition) is 1. The van der Waals surface area contributed by atoms with Gasteiger partial charge in [0.25, 0.3) is 0 Å². The Bertz CT molecular complexity index is 180. The molecule has 3 heteroatoms. The van der Waals surface area contributed by atoms with E-state index in [2.05, 4.69) is 10.8 Å². The molecule has 2 N–H and O–H groups in total. The van der Waals surface area contributed by atoms with E-state index in [4.69, 9.17) is 16.9 Å². The number of nitrogens with two attached hydrogens (primary N) is 1. The van der Waals surface area contributed by atoms with E-state index >= 15 is 0 Å². The number of terminal acetylenes is 1. The molecule has 1 aliphatic heterocycles. The summed E-state index contributed by atoms with van der Waals surface area (Å²) < 4.78 is 5.33. The van der Waals surface area contributed by atoms with Crippen molar-refractivity contribution in [3.8, 4) is 12.3 Å². The first-order valence-electron chi connectivity index (χ1n) is 5.33. The summed E-state index contributed by atoms with van der Waals surface area (Å²) in [6.45, 7) is 5.30. The molecule has 0 aromatic carbocycles. The molecule has 0 aromatic heterocycles. The number of likely N-dealkylation sites (tertiary alicyclic amines) is 1. The van der Waals surface area contributed by atoms with Crippen molar-refractivity contribution in [3.63, 3.8) is 0 Å². The topological polar surface area (TPSA) is 38.5 Å². The van der Waals surface area contributed by atoms with Crippen molar-refractivity contribution in [2.75, 3.05) is 39.4 Å². The van der Waals surface area contributed by atoms with Crippen LogP contribution in [0, 0.1) is 18.3 Å². The maximum Gasteiger partial charge on any atom is 0.0594 e. The largest absolute Gasteiger partial charge is 0.379 e. The minimum atomic E-state index is 0.496. The molecular formula is C11H20N2O. The zero-order valence-electron chi connectivity index (χ0n) is 8.74. The molecule has 0 aliphatic carbocycles. The van der Waals surface area contributed by atoms with Crippen LogP contribution in [0.2, 0.25) is 0 Å². The fourth-order valence-electron chi connectivity index (χ4n) is 1.70. The van der Waals surface area contributed by atoms with Gasteiger partial charge in [0.05, 0.1) is 13.2 Å². The van der Waals surface area contributed by atoms with Crippen molar-refractivity contribution in [1.82, 2.24) is 4.90 Å². The van der Waals surface area contributed by atoms with Gasteiger partial charge < -0.3 is 15.4 Å². The molecule has 0 saturated carbocycles. The molecule has 0 spiro atoms. The van der Waals surface area contributed by atoms with Gasteiger partial charge in [-0.25, -0.2) is 0 Å². The van der Waals surface area contributed by atoms with E-state index in [0.29, 0.717) is 19.1 Å². The number of nitrogens with zero attached hydrogens (tertiary/aromatic N) is 1. The van der Waals surface area contributed by atoms with Gasteiger partial charge in [-0.3, -0.25) is 0 Å². The molecule has 14 heavy (non-hydrogen) atoms. The first-order valence-corrected chi connectivity index (χ1v) is 5.33. The number of hydrogen-bond acceptors (Lipinski definition) is 3. The Kier molecular flexibility index (Phi) is 5.62. The number of rotatable bonds is 5. The zero-order valence-corrected chi connectivity index (χ0v) is 8.74. The average Bonchev–Trinajstić information content (AvgIpc) is 2.25. The lowest BCUT2D eigenvalue weighted by atomic mass is 9.98. The van der Waals surface area contributed by atoms with Gasteiger partial charge in [0, 0.05) is 19.0 Å². The van der Waals surface area contributed by atoms with E-state index in [1.54, 1.807) is 0 Å². The number of ether oxygens (including phenoxy) is 1. The predicted octanol–water partition coefficient (Wildman–Crippen LogP) is 0.307. The minimum absolute atomic E-state index is 0.496. The first kappa shape index (κ1) is 11.5. The molecule has 1 fully saturated rings. The summed E-state index contributed by atoms with van der Waals surface area (Å²) in [5, 5.41) is 0. The summed E-state index contributed by atoms with van der Waals surface area (Å²) in [7, 11) is 0. The summed E-state index contributed by atoms with van der Waals surface area (Å²) in [5.41, 5.74) is 5.32. The molecule has 0 radical (unpaired) electrons. The van der Waals surface area contributed by atoms with Gasteiger partial charge in [0.15, 0.2) is 0 Å². The lowest BCUT2D eigenvalue weighted by molar-refractivity contribution is 0.0972. The SMILES string of the molecule is C#CC1CCN(CCOCCN)CC1. The van der Waals surface area contributed by atoms with Crippen LogP contribution >= 0.6 is 0 Å². The van der Waals surface area contributed by atoms with Crippen molar-refractivity contribution < 1.29 is 4.74 Å². The summed E-state index contributed by atoms with van der Waals surface area (Å²) >= 11 is 0. The third-order valence-electron chi connectivity index (χ3n) is 2.64. The predicted molar refractivity (Wildman–Crippen MR) is 57.9 cm³/mol. The van der Waals surface area contributed by atoms with Crippen LogP contribution in [-0.4, -0.2) is 44.3 Å². The fourth-order valence-corrected chi connectivity index (χ4v) is 1.70. The summed E-state index contributed by atoms with van der Waals surface area (Å²) in [6.07, 6.45) is 7.65. The molecule has 80 valence electrons. The van der Waals surface area contributed by atoms with Crippen LogP contribution in [-0.2, 0) is 4.74 Å². The van der Waals surface area contributed by atoms with Crippen molar-refractivity contribution in [3.05, 3.63) is 0 Å². The summed E-state index contributed by atoms with van der Waals surface area (Å²) in [6, 6.07) is 0. The van der Waals surface area contributed by atoms with E-state index in [1.807, 2.05) is 0 Å². The highest BCUT2D eigenvalue weighted by atomic mass is 16.5. The lowest BCUT2D eigenvalue weighted by Crippen LogP contribution is -2.35. The van der Waals surface area contributed by atoms with E-state index < -0.39 is 0 Å². The van der Waals surface area contributed by atoms with Crippen LogP contribution in [0.25, 0.3) is 0 Å². The Labute approximate surface area is 86.6 Å². The molecular weight excluding hydrogens is 176 g/mol. The maximum absolute atomic E-state index is 5.38. The molecule has 1 saturated heterocycles. The van der Waals surface area contributed by atoms with E-state index in [9.17, 15) is 0 Å². The summed E-state index contributed by atoms with van der Waals surface area (Å²) in [4.78, 5) is 2.41. The second kappa shape index (κ2) is 6.83. The Morgan fingerprint density at radius 1 is 1.36 bits per heavy atom. The number of piperidine rings is 1. The van der Waals surface area contributed by atoms with E-state index in [-0.39, 0.29) is 0 Å². The highest BCUT2D eigenvalue weighted by Gasteiger charge is 2.16. The van der Waals surface area contributed by atoms with Gasteiger partial charge in [-0.05, 0) is 25.9 Å². The molecule has 1 rings (SSSR count). The van der Waals surface area contributed by atoms with E-state index in [0.717, 1.165) is 39.1 Å². The minimum Gasteiger partial charge on any atom is -0.379 e. The Morgan fingerprint density at radius 3 is 2.64 bits per heavy atom. The third-order valence-corrected chi connectivity index (χ3v) is 2.64. The molecule has 3 nitrogen and oxygen atoms in total. The molecule has 1 heterocycles.